The third-order valence-electron chi connectivity index (χ3n) is 11.3. The molecular formula is C48H27N3O. The molecule has 240 valence electrons. The van der Waals surface area contributed by atoms with Crippen molar-refractivity contribution in [3.63, 3.8) is 0 Å². The van der Waals surface area contributed by atoms with Crippen LogP contribution in [0.4, 0.5) is 0 Å². The Bertz CT molecular complexity index is 3080. The van der Waals surface area contributed by atoms with Crippen molar-refractivity contribution in [3.8, 4) is 45.3 Å². The Hall–Kier alpha value is -6.91. The Morgan fingerprint density at radius 1 is 0.385 bits per heavy atom. The third kappa shape index (κ3) is 3.53. The number of aromatic nitrogens is 3. The number of furan rings is 1. The van der Waals surface area contributed by atoms with E-state index in [1.807, 2.05) is 36.4 Å². The van der Waals surface area contributed by atoms with Crippen molar-refractivity contribution in [2.45, 2.75) is 5.41 Å². The average Bonchev–Trinajstić information content (AvgIpc) is 3.85. The number of para-hydroxylation sites is 1. The fourth-order valence-corrected chi connectivity index (χ4v) is 9.23. The monoisotopic (exact) mass is 661 g/mol. The smallest absolute Gasteiger partial charge is 0.164 e. The Kier molecular flexibility index (Phi) is 5.40. The van der Waals surface area contributed by atoms with E-state index in [2.05, 4.69) is 127 Å². The molecule has 4 nitrogen and oxygen atoms in total. The lowest BCUT2D eigenvalue weighted by Gasteiger charge is -2.31. The first kappa shape index (κ1) is 27.9. The highest BCUT2D eigenvalue weighted by molar-refractivity contribution is 6.17. The molecule has 0 saturated heterocycles. The number of fused-ring (bicyclic) bond motifs is 10. The minimum atomic E-state index is -0.463. The van der Waals surface area contributed by atoms with Gasteiger partial charge in [0.1, 0.15) is 11.2 Å². The van der Waals surface area contributed by atoms with Crippen LogP contribution in [0.3, 0.4) is 0 Å². The molecule has 8 aromatic carbocycles. The number of hydrogen-bond donors (Lipinski definition) is 0. The van der Waals surface area contributed by atoms with Gasteiger partial charge in [-0.1, -0.05) is 146 Å². The van der Waals surface area contributed by atoms with Gasteiger partial charge in [0, 0.05) is 27.5 Å². The fourth-order valence-electron chi connectivity index (χ4n) is 9.23. The standard InChI is InChI=1S/C48H27N3O/c1-2-11-30(12-3-1)45-49-46(31-25-26-33-32-15-5-7-22-40(32)52-41(33)27-31)51-47(50-45)35-17-10-21-39-44(35)34-16-4-6-18-36(34)48(39)37-19-8-13-28-23-24-29-14-9-20-38(48)43(29)42(28)37/h1-27H. The molecule has 10 aromatic rings. The lowest BCUT2D eigenvalue weighted by molar-refractivity contribution is 0.669. The van der Waals surface area contributed by atoms with Gasteiger partial charge in [-0.25, -0.2) is 15.0 Å². The molecular weight excluding hydrogens is 635 g/mol. The van der Waals surface area contributed by atoms with Crippen LogP contribution in [0.2, 0.25) is 0 Å². The zero-order valence-corrected chi connectivity index (χ0v) is 27.8. The van der Waals surface area contributed by atoms with Crippen LogP contribution < -0.4 is 0 Å². The predicted octanol–water partition coefficient (Wildman–Crippen LogP) is 11.8. The summed E-state index contributed by atoms with van der Waals surface area (Å²) in [6.45, 7) is 0. The van der Waals surface area contributed by atoms with Gasteiger partial charge < -0.3 is 4.42 Å². The molecule has 0 amide bonds. The van der Waals surface area contributed by atoms with Crippen LogP contribution in [0.25, 0.3) is 88.8 Å². The number of hydrogen-bond acceptors (Lipinski definition) is 4. The van der Waals surface area contributed by atoms with E-state index in [0.29, 0.717) is 17.5 Å². The minimum absolute atomic E-state index is 0.463. The summed E-state index contributed by atoms with van der Waals surface area (Å²) in [5, 5.41) is 7.40. The summed E-state index contributed by atoms with van der Waals surface area (Å²) in [7, 11) is 0. The Balaban J connectivity index is 1.14. The number of benzene rings is 8. The highest BCUT2D eigenvalue weighted by Gasteiger charge is 2.51. The molecule has 0 radical (unpaired) electrons. The Morgan fingerprint density at radius 2 is 0.981 bits per heavy atom. The highest BCUT2D eigenvalue weighted by Crippen LogP contribution is 2.63. The van der Waals surface area contributed by atoms with Gasteiger partial charge in [0.15, 0.2) is 17.5 Å². The molecule has 2 aliphatic carbocycles. The second kappa shape index (κ2) is 10.1. The van der Waals surface area contributed by atoms with Gasteiger partial charge in [-0.05, 0) is 73.1 Å². The van der Waals surface area contributed by atoms with Gasteiger partial charge in [-0.2, -0.15) is 0 Å². The molecule has 1 spiro atoms. The average molecular weight is 662 g/mol. The van der Waals surface area contributed by atoms with Crippen LogP contribution >= 0.6 is 0 Å². The van der Waals surface area contributed by atoms with Gasteiger partial charge in [0.05, 0.1) is 5.41 Å². The van der Waals surface area contributed by atoms with Gasteiger partial charge in [0.2, 0.25) is 0 Å². The summed E-state index contributed by atoms with van der Waals surface area (Å²) < 4.78 is 6.30. The Labute approximate surface area is 298 Å². The van der Waals surface area contributed by atoms with E-state index in [9.17, 15) is 0 Å². The maximum absolute atomic E-state index is 6.30. The normalized spacial score (nSPS) is 13.5. The molecule has 0 unspecified atom stereocenters. The van der Waals surface area contributed by atoms with Crippen LogP contribution in [-0.2, 0) is 5.41 Å². The summed E-state index contributed by atoms with van der Waals surface area (Å²) in [6.07, 6.45) is 0. The third-order valence-corrected chi connectivity index (χ3v) is 11.3. The van der Waals surface area contributed by atoms with E-state index >= 15 is 0 Å². The first-order valence-corrected chi connectivity index (χ1v) is 17.7. The van der Waals surface area contributed by atoms with E-state index < -0.39 is 5.41 Å². The summed E-state index contributed by atoms with van der Waals surface area (Å²) >= 11 is 0. The van der Waals surface area contributed by atoms with Crippen molar-refractivity contribution in [2.75, 3.05) is 0 Å². The quantitative estimate of drug-likeness (QED) is 0.177. The largest absolute Gasteiger partial charge is 0.456 e. The maximum Gasteiger partial charge on any atom is 0.164 e. The van der Waals surface area contributed by atoms with Crippen LogP contribution in [0, 0.1) is 0 Å². The molecule has 2 heterocycles. The highest BCUT2D eigenvalue weighted by atomic mass is 16.3. The zero-order chi connectivity index (χ0) is 34.0. The lowest BCUT2D eigenvalue weighted by Crippen LogP contribution is -2.26. The van der Waals surface area contributed by atoms with Crippen molar-refractivity contribution in [3.05, 3.63) is 186 Å². The zero-order valence-electron chi connectivity index (χ0n) is 27.8. The summed E-state index contributed by atoms with van der Waals surface area (Å²) in [4.78, 5) is 15.6. The molecule has 2 aromatic heterocycles. The molecule has 2 aliphatic rings. The Morgan fingerprint density at radius 3 is 1.79 bits per heavy atom. The van der Waals surface area contributed by atoms with E-state index in [0.717, 1.165) is 38.6 Å². The van der Waals surface area contributed by atoms with Crippen LogP contribution in [0.5, 0.6) is 0 Å². The van der Waals surface area contributed by atoms with E-state index in [1.54, 1.807) is 0 Å². The van der Waals surface area contributed by atoms with Gasteiger partial charge in [-0.15, -0.1) is 0 Å². The van der Waals surface area contributed by atoms with Crippen molar-refractivity contribution in [1.82, 2.24) is 15.0 Å². The van der Waals surface area contributed by atoms with E-state index in [1.165, 1.54) is 54.9 Å². The van der Waals surface area contributed by atoms with Crippen molar-refractivity contribution in [2.24, 2.45) is 0 Å². The topological polar surface area (TPSA) is 51.8 Å². The van der Waals surface area contributed by atoms with E-state index in [4.69, 9.17) is 19.4 Å². The second-order valence-corrected chi connectivity index (χ2v) is 13.9. The first-order chi connectivity index (χ1) is 25.8. The second-order valence-electron chi connectivity index (χ2n) is 13.9. The fraction of sp³-hybridized carbons (Fsp3) is 0.0208. The van der Waals surface area contributed by atoms with Crippen LogP contribution in [0.15, 0.2) is 168 Å². The molecule has 4 heteroatoms. The van der Waals surface area contributed by atoms with Crippen molar-refractivity contribution >= 4 is 43.5 Å². The summed E-state index contributed by atoms with van der Waals surface area (Å²) in [5.41, 5.74) is 11.6. The molecule has 0 bridgehead atoms. The van der Waals surface area contributed by atoms with Crippen LogP contribution in [-0.4, -0.2) is 15.0 Å². The number of nitrogens with zero attached hydrogens (tertiary/aromatic N) is 3. The number of rotatable bonds is 3. The van der Waals surface area contributed by atoms with Gasteiger partial charge >= 0.3 is 0 Å². The van der Waals surface area contributed by atoms with Gasteiger partial charge in [0.25, 0.3) is 0 Å². The summed E-state index contributed by atoms with van der Waals surface area (Å²) in [5.74, 6) is 1.88. The SMILES string of the molecule is c1ccc(-c2nc(-c3ccc4c(c3)oc3ccccc34)nc(-c3cccc4c3-c3ccccc3C43c4cccc5ccc6cccc3c6c45)n2)cc1. The van der Waals surface area contributed by atoms with Gasteiger partial charge in [-0.3, -0.25) is 0 Å². The maximum atomic E-state index is 6.30. The lowest BCUT2D eigenvalue weighted by atomic mass is 9.70. The molecule has 52 heavy (non-hydrogen) atoms. The van der Waals surface area contributed by atoms with Crippen molar-refractivity contribution < 1.29 is 4.42 Å². The van der Waals surface area contributed by atoms with Crippen molar-refractivity contribution in [1.29, 1.82) is 0 Å². The first-order valence-electron chi connectivity index (χ1n) is 17.7. The molecule has 0 saturated carbocycles. The predicted molar refractivity (Wildman–Crippen MR) is 209 cm³/mol. The minimum Gasteiger partial charge on any atom is -0.456 e. The molecule has 0 atom stereocenters. The summed E-state index contributed by atoms with van der Waals surface area (Å²) in [6, 6.07) is 58.3. The van der Waals surface area contributed by atoms with Crippen LogP contribution in [0.1, 0.15) is 22.3 Å². The molecule has 0 N–H and O–H groups in total. The molecule has 0 fully saturated rings. The van der Waals surface area contributed by atoms with E-state index in [-0.39, 0.29) is 0 Å². The molecule has 12 rings (SSSR count). The molecule has 0 aliphatic heterocycles.